The molecule has 0 spiro atoms. The second-order valence-corrected chi connectivity index (χ2v) is 7.81. The zero-order chi connectivity index (χ0) is 21.1. The van der Waals surface area contributed by atoms with Crippen molar-refractivity contribution in [1.82, 2.24) is 4.57 Å². The number of rotatable bonds is 5. The summed E-state index contributed by atoms with van der Waals surface area (Å²) in [4.78, 5) is 13.3. The molecule has 0 fully saturated rings. The highest BCUT2D eigenvalue weighted by atomic mass is 79.9. The minimum Gasteiger partial charge on any atom is -1.00 e. The molecule has 3 aromatic rings. The van der Waals surface area contributed by atoms with Gasteiger partial charge in [-0.2, -0.15) is 4.57 Å². The smallest absolute Gasteiger partial charge is 0.262 e. The molecular weight excluding hydrogens is 454 g/mol. The summed E-state index contributed by atoms with van der Waals surface area (Å²) in [6, 6.07) is 16.6. The van der Waals surface area contributed by atoms with Gasteiger partial charge in [0.2, 0.25) is 5.91 Å². The van der Waals surface area contributed by atoms with Crippen LogP contribution in [-0.2, 0) is 17.8 Å². The Bertz CT molecular complexity index is 1030. The lowest BCUT2D eigenvalue weighted by atomic mass is 10.1. The molecule has 0 bridgehead atoms. The van der Waals surface area contributed by atoms with Crippen molar-refractivity contribution >= 4 is 11.6 Å². The molecule has 4 rings (SSSR count). The van der Waals surface area contributed by atoms with Gasteiger partial charge in [0.25, 0.3) is 5.82 Å². The van der Waals surface area contributed by atoms with Crippen molar-refractivity contribution in [3.05, 3.63) is 60.6 Å². The highest BCUT2D eigenvalue weighted by molar-refractivity contribution is 5.91. The van der Waals surface area contributed by atoms with E-state index in [-0.39, 0.29) is 22.9 Å². The molecule has 0 saturated carbocycles. The van der Waals surface area contributed by atoms with E-state index in [1.54, 1.807) is 18.9 Å². The number of ether oxygens (including phenoxy) is 1. The van der Waals surface area contributed by atoms with Gasteiger partial charge in [-0.3, -0.25) is 4.79 Å². The Labute approximate surface area is 195 Å². The first kappa shape index (κ1) is 23.1. The number of carbonyl (C=O) groups excluding carboxylic acids is 1. The number of aromatic nitrogens is 2. The van der Waals surface area contributed by atoms with Gasteiger partial charge in [0.15, 0.2) is 5.69 Å². The number of carbonyl (C=O) groups is 1. The number of amides is 1. The summed E-state index contributed by atoms with van der Waals surface area (Å²) in [5.41, 5.74) is 4.46. The van der Waals surface area contributed by atoms with Crippen LogP contribution < -0.4 is 31.2 Å². The third kappa shape index (κ3) is 4.85. The van der Waals surface area contributed by atoms with Crippen LogP contribution in [0.15, 0.2) is 54.7 Å². The number of benzene rings is 2. The topological polar surface area (TPSA) is 38.4 Å². The van der Waals surface area contributed by atoms with Gasteiger partial charge >= 0.3 is 0 Å². The molecule has 2 aromatic carbocycles. The molecule has 0 aliphatic carbocycles. The zero-order valence-electron chi connectivity index (χ0n) is 18.5. The third-order valence-corrected chi connectivity index (χ3v) is 5.86. The van der Waals surface area contributed by atoms with Gasteiger partial charge in [-0.25, -0.2) is 4.57 Å². The molecule has 0 N–H and O–H groups in total. The number of anilines is 1. The highest BCUT2D eigenvalue weighted by Crippen LogP contribution is 2.26. The lowest BCUT2D eigenvalue weighted by Crippen LogP contribution is -3.00. The number of fused-ring (bicyclic) bond motifs is 1. The first-order valence-corrected chi connectivity index (χ1v) is 10.8. The SMILES string of the molecule is CCOc1ccc(-n2cc(-c3ccc(N(C)C(C)=O)cc3)[n+]3c2CCCCC3)cc1.[Br-]. The molecule has 1 aromatic heterocycles. The molecule has 6 heteroatoms. The van der Waals surface area contributed by atoms with Crippen LogP contribution in [0.3, 0.4) is 0 Å². The quantitative estimate of drug-likeness (QED) is 0.516. The lowest BCUT2D eigenvalue weighted by molar-refractivity contribution is -0.692. The second-order valence-electron chi connectivity index (χ2n) is 7.81. The number of hydrogen-bond acceptors (Lipinski definition) is 2. The molecule has 31 heavy (non-hydrogen) atoms. The summed E-state index contributed by atoms with van der Waals surface area (Å²) in [5, 5.41) is 0. The lowest BCUT2D eigenvalue weighted by Gasteiger charge is -2.14. The standard InChI is InChI=1S/C25H30N3O2.BrH/c1-4-30-23-15-13-22(14-16-23)28-18-24(27-17-7-5-6-8-25(27)28)20-9-11-21(12-10-20)26(3)19(2)29;/h9-16,18H,4-8,17H2,1-3H3;1H/q+1;/p-1. The minimum absolute atomic E-state index is 0. The predicted molar refractivity (Wildman–Crippen MR) is 119 cm³/mol. The summed E-state index contributed by atoms with van der Waals surface area (Å²) in [6.45, 7) is 5.29. The Morgan fingerprint density at radius 1 is 1.06 bits per heavy atom. The van der Waals surface area contributed by atoms with Gasteiger partial charge in [-0.05, 0) is 74.7 Å². The van der Waals surface area contributed by atoms with Crippen LogP contribution in [0.25, 0.3) is 16.9 Å². The number of nitrogens with zero attached hydrogens (tertiary/aromatic N) is 3. The van der Waals surface area contributed by atoms with Gasteiger partial charge < -0.3 is 26.6 Å². The average molecular weight is 484 g/mol. The van der Waals surface area contributed by atoms with Crippen molar-refractivity contribution in [1.29, 1.82) is 0 Å². The molecule has 0 atom stereocenters. The van der Waals surface area contributed by atoms with E-state index in [1.165, 1.54) is 36.3 Å². The first-order chi connectivity index (χ1) is 14.6. The number of imidazole rings is 1. The molecule has 1 aliphatic heterocycles. The van der Waals surface area contributed by atoms with Crippen molar-refractivity contribution in [2.75, 3.05) is 18.6 Å². The zero-order valence-corrected chi connectivity index (χ0v) is 20.1. The maximum absolute atomic E-state index is 11.7. The average Bonchev–Trinajstić information content (AvgIpc) is 2.95. The number of halogens is 1. The van der Waals surface area contributed by atoms with Gasteiger partial charge in [0, 0.05) is 31.6 Å². The van der Waals surface area contributed by atoms with Crippen LogP contribution in [0, 0.1) is 0 Å². The maximum atomic E-state index is 11.7. The van der Waals surface area contributed by atoms with E-state index in [9.17, 15) is 4.79 Å². The molecule has 0 unspecified atom stereocenters. The Balaban J connectivity index is 0.00000272. The highest BCUT2D eigenvalue weighted by Gasteiger charge is 2.27. The molecule has 164 valence electrons. The normalized spacial score (nSPS) is 13.0. The summed E-state index contributed by atoms with van der Waals surface area (Å²) < 4.78 is 10.4. The van der Waals surface area contributed by atoms with Crippen LogP contribution in [-0.4, -0.2) is 24.1 Å². The molecule has 1 amide bonds. The summed E-state index contributed by atoms with van der Waals surface area (Å²) in [5.74, 6) is 2.28. The Morgan fingerprint density at radius 2 is 1.77 bits per heavy atom. The maximum Gasteiger partial charge on any atom is 0.262 e. The van der Waals surface area contributed by atoms with Crippen molar-refractivity contribution in [2.45, 2.75) is 46.1 Å². The summed E-state index contributed by atoms with van der Waals surface area (Å²) >= 11 is 0. The van der Waals surface area contributed by atoms with Crippen LogP contribution >= 0.6 is 0 Å². The molecule has 2 heterocycles. The monoisotopic (exact) mass is 483 g/mol. The van der Waals surface area contributed by atoms with E-state index in [4.69, 9.17) is 4.74 Å². The van der Waals surface area contributed by atoms with Gasteiger partial charge in [-0.15, -0.1) is 0 Å². The first-order valence-electron chi connectivity index (χ1n) is 10.8. The predicted octanol–water partition coefficient (Wildman–Crippen LogP) is 1.54. The van der Waals surface area contributed by atoms with E-state index in [1.807, 2.05) is 31.2 Å². The van der Waals surface area contributed by atoms with E-state index in [0.717, 1.165) is 30.1 Å². The van der Waals surface area contributed by atoms with E-state index in [0.29, 0.717) is 6.61 Å². The Morgan fingerprint density at radius 3 is 2.42 bits per heavy atom. The van der Waals surface area contributed by atoms with Crippen LogP contribution in [0.4, 0.5) is 5.69 Å². The second kappa shape index (κ2) is 10.1. The fourth-order valence-electron chi connectivity index (χ4n) is 4.13. The van der Waals surface area contributed by atoms with E-state index in [2.05, 4.69) is 39.6 Å². The van der Waals surface area contributed by atoms with E-state index < -0.39 is 0 Å². The van der Waals surface area contributed by atoms with Crippen LogP contribution in [0.2, 0.25) is 0 Å². The molecule has 5 nitrogen and oxygen atoms in total. The van der Waals surface area contributed by atoms with Crippen molar-refractivity contribution in [3.63, 3.8) is 0 Å². The van der Waals surface area contributed by atoms with Gasteiger partial charge in [0.05, 0.1) is 13.2 Å². The fraction of sp³-hybridized carbons (Fsp3) is 0.360. The largest absolute Gasteiger partial charge is 1.00 e. The summed E-state index contributed by atoms with van der Waals surface area (Å²) in [6.07, 6.45) is 6.98. The van der Waals surface area contributed by atoms with E-state index >= 15 is 0 Å². The van der Waals surface area contributed by atoms with Gasteiger partial charge in [-0.1, -0.05) is 0 Å². The summed E-state index contributed by atoms with van der Waals surface area (Å²) in [7, 11) is 1.81. The fourth-order valence-corrected chi connectivity index (χ4v) is 4.13. The minimum atomic E-state index is 0. The third-order valence-electron chi connectivity index (χ3n) is 5.86. The Kier molecular flexibility index (Phi) is 7.55. The molecule has 0 saturated heterocycles. The number of hydrogen-bond donors (Lipinski definition) is 0. The van der Waals surface area contributed by atoms with Crippen molar-refractivity contribution in [3.8, 4) is 22.7 Å². The van der Waals surface area contributed by atoms with Crippen LogP contribution in [0.1, 0.15) is 38.9 Å². The van der Waals surface area contributed by atoms with Crippen molar-refractivity contribution in [2.24, 2.45) is 0 Å². The van der Waals surface area contributed by atoms with Gasteiger partial charge in [0.1, 0.15) is 17.6 Å². The van der Waals surface area contributed by atoms with Crippen molar-refractivity contribution < 1.29 is 31.1 Å². The molecule has 1 aliphatic rings. The molecular formula is C25H30BrN3O2. The Hall–Kier alpha value is -2.60. The molecule has 0 radical (unpaired) electrons. The van der Waals surface area contributed by atoms with Crippen LogP contribution in [0.5, 0.6) is 5.75 Å².